The van der Waals surface area contributed by atoms with Gasteiger partial charge in [-0.3, -0.25) is 9.59 Å². The molecule has 2 saturated heterocycles. The van der Waals surface area contributed by atoms with E-state index in [1.807, 2.05) is 23.5 Å². The fourth-order valence-electron chi connectivity index (χ4n) is 1.38. The highest BCUT2D eigenvalue weighted by Gasteiger charge is 2.24. The van der Waals surface area contributed by atoms with Crippen molar-refractivity contribution in [3.63, 3.8) is 0 Å². The van der Waals surface area contributed by atoms with Crippen LogP contribution in [0.5, 0.6) is 0 Å². The van der Waals surface area contributed by atoms with Crippen LogP contribution >= 0.6 is 23.5 Å². The summed E-state index contributed by atoms with van der Waals surface area (Å²) in [5, 5.41) is 1.06. The van der Waals surface area contributed by atoms with Gasteiger partial charge in [0, 0.05) is 34.8 Å². The molecule has 0 aromatic rings. The monoisotopic (exact) mass is 290 g/mol. The average Bonchev–Trinajstić information content (AvgIpc) is 3.23. The number of thioether (sulfide) groups is 2. The lowest BCUT2D eigenvalue weighted by Gasteiger charge is -2.04. The Kier molecular flexibility index (Phi) is 5.69. The summed E-state index contributed by atoms with van der Waals surface area (Å²) in [4.78, 5) is 22.6. The van der Waals surface area contributed by atoms with Gasteiger partial charge in [-0.2, -0.15) is 23.5 Å². The van der Waals surface area contributed by atoms with Crippen LogP contribution in [0.25, 0.3) is 0 Å². The lowest BCUT2D eigenvalue weighted by Crippen LogP contribution is -2.10. The van der Waals surface area contributed by atoms with Gasteiger partial charge in [-0.1, -0.05) is 0 Å². The van der Waals surface area contributed by atoms with E-state index < -0.39 is 0 Å². The number of ether oxygens (including phenoxy) is 2. The zero-order chi connectivity index (χ0) is 12.8. The van der Waals surface area contributed by atoms with Gasteiger partial charge in [0.25, 0.3) is 0 Å². The van der Waals surface area contributed by atoms with Gasteiger partial charge in [0.1, 0.15) is 13.2 Å². The maximum Gasteiger partial charge on any atom is 0.305 e. The molecule has 6 heteroatoms. The normalized spacial score (nSPS) is 24.4. The van der Waals surface area contributed by atoms with Crippen molar-refractivity contribution in [3.05, 3.63) is 0 Å². The average molecular weight is 290 g/mol. The predicted octanol–water partition coefficient (Wildman–Crippen LogP) is 1.86. The Morgan fingerprint density at radius 1 is 0.889 bits per heavy atom. The Morgan fingerprint density at radius 3 is 1.61 bits per heavy atom. The van der Waals surface area contributed by atoms with E-state index in [-0.39, 0.29) is 11.9 Å². The predicted molar refractivity (Wildman–Crippen MR) is 72.9 cm³/mol. The molecule has 4 nitrogen and oxygen atoms in total. The first-order valence-corrected chi connectivity index (χ1v) is 8.38. The summed E-state index contributed by atoms with van der Waals surface area (Å²) < 4.78 is 10.2. The summed E-state index contributed by atoms with van der Waals surface area (Å²) in [6.07, 6.45) is 2.21. The molecule has 0 bridgehead atoms. The van der Waals surface area contributed by atoms with Crippen LogP contribution in [0, 0.1) is 0 Å². The molecule has 2 aliphatic rings. The molecule has 0 N–H and O–H groups in total. The van der Waals surface area contributed by atoms with Gasteiger partial charge < -0.3 is 9.47 Å². The molecule has 0 spiro atoms. The molecule has 102 valence electrons. The van der Waals surface area contributed by atoms with Crippen LogP contribution in [-0.4, -0.2) is 47.2 Å². The first kappa shape index (κ1) is 14.1. The Morgan fingerprint density at radius 2 is 1.28 bits per heavy atom. The van der Waals surface area contributed by atoms with Crippen molar-refractivity contribution in [1.82, 2.24) is 0 Å². The van der Waals surface area contributed by atoms with E-state index in [1.54, 1.807) is 0 Å². The number of carbonyl (C=O) groups is 2. The number of hydrogen-bond acceptors (Lipinski definition) is 6. The van der Waals surface area contributed by atoms with Crippen molar-refractivity contribution in [2.75, 3.05) is 24.7 Å². The number of hydrogen-bond donors (Lipinski definition) is 0. The maximum atomic E-state index is 11.3. The number of unbranched alkanes of at least 4 members (excludes halogenated alkanes) is 1. The van der Waals surface area contributed by atoms with Crippen molar-refractivity contribution in [2.24, 2.45) is 0 Å². The van der Waals surface area contributed by atoms with Crippen LogP contribution in [0.4, 0.5) is 0 Å². The van der Waals surface area contributed by atoms with E-state index in [4.69, 9.17) is 9.47 Å². The molecular weight excluding hydrogens is 272 g/mol. The van der Waals surface area contributed by atoms with E-state index in [9.17, 15) is 9.59 Å². The van der Waals surface area contributed by atoms with Crippen molar-refractivity contribution in [3.8, 4) is 0 Å². The van der Waals surface area contributed by atoms with Crippen LogP contribution in [0.2, 0.25) is 0 Å². The Hall–Kier alpha value is -0.360. The van der Waals surface area contributed by atoms with Gasteiger partial charge in [0.15, 0.2) is 0 Å². The summed E-state index contributed by atoms with van der Waals surface area (Å²) >= 11 is 3.63. The highest BCUT2D eigenvalue weighted by atomic mass is 32.2. The second-order valence-electron chi connectivity index (χ2n) is 4.48. The van der Waals surface area contributed by atoms with Crippen LogP contribution in [0.1, 0.15) is 25.7 Å². The van der Waals surface area contributed by atoms with Gasteiger partial charge in [-0.05, 0) is 12.8 Å². The van der Waals surface area contributed by atoms with E-state index in [0.29, 0.717) is 49.4 Å². The lowest BCUT2D eigenvalue weighted by molar-refractivity contribution is -0.145. The molecule has 18 heavy (non-hydrogen) atoms. The molecule has 2 atom stereocenters. The molecule has 0 amide bonds. The van der Waals surface area contributed by atoms with Gasteiger partial charge in [-0.15, -0.1) is 0 Å². The fourth-order valence-corrected chi connectivity index (χ4v) is 2.18. The second-order valence-corrected chi connectivity index (χ2v) is 7.15. The van der Waals surface area contributed by atoms with Crippen LogP contribution in [0.3, 0.4) is 0 Å². The molecule has 0 aliphatic carbocycles. The second kappa shape index (κ2) is 7.28. The zero-order valence-corrected chi connectivity index (χ0v) is 11.9. The molecule has 0 aromatic carbocycles. The summed E-state index contributed by atoms with van der Waals surface area (Å²) in [5.74, 6) is 1.92. The highest BCUT2D eigenvalue weighted by Crippen LogP contribution is 2.30. The first-order chi connectivity index (χ1) is 8.74. The third-order valence-corrected chi connectivity index (χ3v) is 4.56. The Bertz CT molecular complexity index is 270. The molecule has 2 fully saturated rings. The molecular formula is C12H18O4S2. The third-order valence-electron chi connectivity index (χ3n) is 2.68. The highest BCUT2D eigenvalue weighted by molar-refractivity contribution is 8.07. The smallest absolute Gasteiger partial charge is 0.305 e. The van der Waals surface area contributed by atoms with Gasteiger partial charge in [0.2, 0.25) is 0 Å². The molecule has 2 unspecified atom stereocenters. The van der Waals surface area contributed by atoms with Crippen molar-refractivity contribution in [2.45, 2.75) is 36.2 Å². The van der Waals surface area contributed by atoms with E-state index in [1.165, 1.54) is 0 Å². The SMILES string of the molecule is O=C(CCCCC(=O)OCC1CS1)OCC1CS1. The Labute approximate surface area is 116 Å². The van der Waals surface area contributed by atoms with Crippen LogP contribution in [-0.2, 0) is 19.1 Å². The zero-order valence-electron chi connectivity index (χ0n) is 10.3. The first-order valence-electron chi connectivity index (χ1n) is 6.28. The maximum absolute atomic E-state index is 11.3. The topological polar surface area (TPSA) is 52.6 Å². The fraction of sp³-hybridized carbons (Fsp3) is 0.833. The van der Waals surface area contributed by atoms with E-state index >= 15 is 0 Å². The lowest BCUT2D eigenvalue weighted by atomic mass is 10.2. The van der Waals surface area contributed by atoms with E-state index in [0.717, 1.165) is 11.5 Å². The quantitative estimate of drug-likeness (QED) is 0.367. The van der Waals surface area contributed by atoms with Gasteiger partial charge in [-0.25, -0.2) is 0 Å². The molecule has 0 saturated carbocycles. The minimum Gasteiger partial charge on any atom is -0.464 e. The molecule has 0 radical (unpaired) electrons. The Balaban J connectivity index is 1.39. The standard InChI is InChI=1S/C12H18O4S2/c13-11(15-5-9-7-17-9)3-1-2-4-12(14)16-6-10-8-18-10/h9-10H,1-8H2. The molecule has 2 rings (SSSR count). The summed E-state index contributed by atoms with van der Waals surface area (Å²) in [5.41, 5.74) is 0. The van der Waals surface area contributed by atoms with Crippen molar-refractivity contribution < 1.29 is 19.1 Å². The summed E-state index contributed by atoms with van der Waals surface area (Å²) in [6.45, 7) is 1.09. The largest absolute Gasteiger partial charge is 0.464 e. The summed E-state index contributed by atoms with van der Waals surface area (Å²) in [6, 6.07) is 0. The van der Waals surface area contributed by atoms with E-state index in [2.05, 4.69) is 0 Å². The molecule has 2 heterocycles. The minimum atomic E-state index is -0.148. The van der Waals surface area contributed by atoms with Crippen LogP contribution < -0.4 is 0 Å². The van der Waals surface area contributed by atoms with Crippen molar-refractivity contribution in [1.29, 1.82) is 0 Å². The van der Waals surface area contributed by atoms with Crippen LogP contribution in [0.15, 0.2) is 0 Å². The number of rotatable bonds is 9. The third kappa shape index (κ3) is 6.54. The minimum absolute atomic E-state index is 0.148. The molecule has 0 aromatic heterocycles. The number of carbonyl (C=O) groups excluding carboxylic acids is 2. The molecule has 2 aliphatic heterocycles. The number of esters is 2. The van der Waals surface area contributed by atoms with Gasteiger partial charge in [0.05, 0.1) is 0 Å². The van der Waals surface area contributed by atoms with Crippen molar-refractivity contribution >= 4 is 35.5 Å². The van der Waals surface area contributed by atoms with Gasteiger partial charge >= 0.3 is 11.9 Å². The summed E-state index contributed by atoms with van der Waals surface area (Å²) in [7, 11) is 0.